The summed E-state index contributed by atoms with van der Waals surface area (Å²) in [6.07, 6.45) is -8.82. The van der Waals surface area contributed by atoms with Crippen molar-refractivity contribution in [1.82, 2.24) is 0 Å². The molecule has 25 heavy (non-hydrogen) atoms. The smallest absolute Gasteiger partial charge is 0.330 e. The monoisotopic (exact) mass is 362 g/mol. The largest absolute Gasteiger partial charge is 0.416 e. The molecule has 0 spiro atoms. The predicted octanol–water partition coefficient (Wildman–Crippen LogP) is 4.28. The molecule has 0 unspecified atom stereocenters. The molecule has 0 aliphatic carbocycles. The molecule has 2 nitrogen and oxygen atoms in total. The number of benzene rings is 2. The molecule has 2 aromatic carbocycles. The molecular weight excluding hydrogens is 346 g/mol. The fourth-order valence-corrected chi connectivity index (χ4v) is 2.60. The Labute approximate surface area is 140 Å². The van der Waals surface area contributed by atoms with E-state index in [4.69, 9.17) is 11.5 Å². The molecule has 0 radical (unpaired) electrons. The second kappa shape index (κ2) is 6.68. The molecule has 2 aromatic rings. The van der Waals surface area contributed by atoms with Gasteiger partial charge in [0.05, 0.1) is 16.7 Å². The Morgan fingerprint density at radius 3 is 1.12 bits per heavy atom. The summed E-state index contributed by atoms with van der Waals surface area (Å²) < 4.78 is 76.1. The normalized spacial score (nSPS) is 13.1. The summed E-state index contributed by atoms with van der Waals surface area (Å²) in [4.78, 5) is 0. The van der Waals surface area contributed by atoms with E-state index in [0.717, 1.165) is 24.3 Å². The van der Waals surface area contributed by atoms with Crippen LogP contribution in [-0.2, 0) is 17.9 Å². The molecule has 0 aromatic heterocycles. The summed E-state index contributed by atoms with van der Waals surface area (Å²) in [7, 11) is 0. The second-order valence-corrected chi connectivity index (χ2v) is 5.66. The van der Waals surface area contributed by atoms with E-state index in [1.807, 2.05) is 0 Å². The Kier molecular flexibility index (Phi) is 5.15. The maximum Gasteiger partial charge on any atom is 0.416 e. The third-order valence-electron chi connectivity index (χ3n) is 3.99. The molecule has 0 amide bonds. The Balaban J connectivity index is 2.44. The summed E-state index contributed by atoms with van der Waals surface area (Å²) in [6, 6.07) is 8.42. The van der Waals surface area contributed by atoms with Crippen molar-refractivity contribution >= 4 is 0 Å². The van der Waals surface area contributed by atoms with Gasteiger partial charge in [-0.25, -0.2) is 0 Å². The molecule has 0 aliphatic rings. The van der Waals surface area contributed by atoms with Crippen molar-refractivity contribution < 1.29 is 26.3 Å². The molecule has 136 valence electrons. The quantitative estimate of drug-likeness (QED) is 0.798. The van der Waals surface area contributed by atoms with E-state index in [0.29, 0.717) is 11.1 Å². The van der Waals surface area contributed by atoms with Gasteiger partial charge in [0, 0.05) is 0 Å². The minimum Gasteiger partial charge on any atom is -0.330 e. The summed E-state index contributed by atoms with van der Waals surface area (Å²) >= 11 is 0. The highest BCUT2D eigenvalue weighted by Crippen LogP contribution is 2.36. The highest BCUT2D eigenvalue weighted by molar-refractivity contribution is 5.41. The van der Waals surface area contributed by atoms with Crippen molar-refractivity contribution in [2.45, 2.75) is 24.3 Å². The number of halogens is 6. The third kappa shape index (κ3) is 4.13. The summed E-state index contributed by atoms with van der Waals surface area (Å²) in [6.45, 7) is 0.110. The predicted molar refractivity (Wildman–Crippen MR) is 81.5 cm³/mol. The van der Waals surface area contributed by atoms with Crippen molar-refractivity contribution in [3.63, 3.8) is 0 Å². The fraction of sp³-hybridized carbons (Fsp3) is 0.294. The molecule has 0 saturated carbocycles. The first-order chi connectivity index (χ1) is 11.5. The van der Waals surface area contributed by atoms with Crippen molar-refractivity contribution in [2.75, 3.05) is 6.54 Å². The van der Waals surface area contributed by atoms with Crippen LogP contribution >= 0.6 is 0 Å². The van der Waals surface area contributed by atoms with Gasteiger partial charge in [0.2, 0.25) is 0 Å². The lowest BCUT2D eigenvalue weighted by molar-refractivity contribution is -0.138. The van der Waals surface area contributed by atoms with Crippen LogP contribution in [0.3, 0.4) is 0 Å². The maximum atomic E-state index is 12.7. The molecular formula is C17H16F6N2. The van der Waals surface area contributed by atoms with Gasteiger partial charge in [-0.15, -0.1) is 0 Å². The van der Waals surface area contributed by atoms with Gasteiger partial charge in [0.15, 0.2) is 0 Å². The molecule has 4 N–H and O–H groups in total. The SMILES string of the molecule is NCCC(N)(c1ccc(C(F)(F)F)cc1)c1ccc(C(F)(F)F)cc1. The van der Waals surface area contributed by atoms with Crippen molar-refractivity contribution in [2.24, 2.45) is 11.5 Å². The van der Waals surface area contributed by atoms with E-state index in [1.165, 1.54) is 24.3 Å². The topological polar surface area (TPSA) is 52.0 Å². The highest BCUT2D eigenvalue weighted by atomic mass is 19.4. The highest BCUT2D eigenvalue weighted by Gasteiger charge is 2.34. The van der Waals surface area contributed by atoms with Crippen LogP contribution in [0.1, 0.15) is 28.7 Å². The maximum absolute atomic E-state index is 12.7. The lowest BCUT2D eigenvalue weighted by Gasteiger charge is -2.31. The molecule has 8 heteroatoms. The molecule has 0 aliphatic heterocycles. The van der Waals surface area contributed by atoms with Crippen LogP contribution in [0.15, 0.2) is 48.5 Å². The van der Waals surface area contributed by atoms with E-state index in [9.17, 15) is 26.3 Å². The Hall–Kier alpha value is -2.06. The van der Waals surface area contributed by atoms with Gasteiger partial charge in [-0.3, -0.25) is 0 Å². The molecule has 0 heterocycles. The van der Waals surface area contributed by atoms with Crippen molar-refractivity contribution in [1.29, 1.82) is 0 Å². The lowest BCUT2D eigenvalue weighted by atomic mass is 9.80. The van der Waals surface area contributed by atoms with E-state index in [1.54, 1.807) is 0 Å². The minimum absolute atomic E-state index is 0.110. The van der Waals surface area contributed by atoms with Gasteiger partial charge in [-0.05, 0) is 48.4 Å². The van der Waals surface area contributed by atoms with Crippen LogP contribution in [0.25, 0.3) is 0 Å². The number of hydrogen-bond acceptors (Lipinski definition) is 2. The zero-order chi connectivity index (χ0) is 18.9. The van der Waals surface area contributed by atoms with Gasteiger partial charge in [0.1, 0.15) is 0 Å². The standard InChI is InChI=1S/C17H16F6N2/c18-16(19,20)13-5-1-11(2-6-13)15(25,9-10-24)12-3-7-14(8-4-12)17(21,22)23/h1-8H,9-10,24-25H2. The third-order valence-corrected chi connectivity index (χ3v) is 3.99. The molecule has 0 fully saturated rings. The van der Waals surface area contributed by atoms with Crippen LogP contribution in [0.5, 0.6) is 0 Å². The number of hydrogen-bond donors (Lipinski definition) is 2. The van der Waals surface area contributed by atoms with Gasteiger partial charge < -0.3 is 11.5 Å². The molecule has 0 bridgehead atoms. The number of rotatable bonds is 4. The zero-order valence-corrected chi connectivity index (χ0v) is 13.0. The molecule has 2 rings (SSSR count). The number of nitrogens with two attached hydrogens (primary N) is 2. The van der Waals surface area contributed by atoms with Crippen molar-refractivity contribution in [3.05, 3.63) is 70.8 Å². The average molecular weight is 362 g/mol. The summed E-state index contributed by atoms with van der Waals surface area (Å²) in [5.74, 6) is 0. The van der Waals surface area contributed by atoms with Crippen LogP contribution in [0.4, 0.5) is 26.3 Å². The Bertz CT molecular complexity index is 644. The molecule has 0 atom stereocenters. The van der Waals surface area contributed by atoms with E-state index in [2.05, 4.69) is 0 Å². The first-order valence-electron chi connectivity index (χ1n) is 7.33. The van der Waals surface area contributed by atoms with E-state index in [-0.39, 0.29) is 13.0 Å². The van der Waals surface area contributed by atoms with Gasteiger partial charge in [-0.2, -0.15) is 26.3 Å². The lowest BCUT2D eigenvalue weighted by Crippen LogP contribution is -2.40. The van der Waals surface area contributed by atoms with Crippen LogP contribution in [-0.4, -0.2) is 6.54 Å². The zero-order valence-electron chi connectivity index (χ0n) is 13.0. The number of alkyl halides is 6. The van der Waals surface area contributed by atoms with E-state index < -0.39 is 29.0 Å². The first kappa shape index (κ1) is 19.3. The van der Waals surface area contributed by atoms with Crippen molar-refractivity contribution in [3.8, 4) is 0 Å². The molecule has 0 saturated heterocycles. The minimum atomic E-state index is -4.49. The Morgan fingerprint density at radius 2 is 0.880 bits per heavy atom. The average Bonchev–Trinajstić information content (AvgIpc) is 2.53. The fourth-order valence-electron chi connectivity index (χ4n) is 2.60. The van der Waals surface area contributed by atoms with Gasteiger partial charge in [-0.1, -0.05) is 24.3 Å². The summed E-state index contributed by atoms with van der Waals surface area (Å²) in [5, 5.41) is 0. The Morgan fingerprint density at radius 1 is 0.600 bits per heavy atom. The van der Waals surface area contributed by atoms with Crippen LogP contribution < -0.4 is 11.5 Å². The van der Waals surface area contributed by atoms with E-state index >= 15 is 0 Å². The van der Waals surface area contributed by atoms with Crippen LogP contribution in [0, 0.1) is 0 Å². The first-order valence-corrected chi connectivity index (χ1v) is 7.33. The second-order valence-electron chi connectivity index (χ2n) is 5.66. The van der Waals surface area contributed by atoms with Crippen LogP contribution in [0.2, 0.25) is 0 Å². The van der Waals surface area contributed by atoms with Gasteiger partial charge in [0.25, 0.3) is 0 Å². The van der Waals surface area contributed by atoms with Gasteiger partial charge >= 0.3 is 12.4 Å². The summed E-state index contributed by atoms with van der Waals surface area (Å²) in [5.41, 5.74) is 9.59.